The average Bonchev–Trinajstić information content (AvgIpc) is 3.70. The summed E-state index contributed by atoms with van der Waals surface area (Å²) < 4.78 is 36.3. The van der Waals surface area contributed by atoms with E-state index >= 15 is 0 Å². The zero-order valence-corrected chi connectivity index (χ0v) is 56.6. The molecule has 0 spiro atoms. The van der Waals surface area contributed by atoms with E-state index in [1.165, 1.54) is 143 Å². The Morgan fingerprint density at radius 1 is 0.412 bits per heavy atom. The van der Waals surface area contributed by atoms with E-state index in [9.17, 15) is 0 Å². The van der Waals surface area contributed by atoms with Crippen molar-refractivity contribution in [3.63, 3.8) is 0 Å². The van der Waals surface area contributed by atoms with Gasteiger partial charge in [-0.05, 0) is 121 Å². The predicted octanol–water partition coefficient (Wildman–Crippen LogP) is 19.5. The fourth-order valence-corrected chi connectivity index (χ4v) is 21.2. The van der Waals surface area contributed by atoms with Crippen molar-refractivity contribution < 1.29 is 27.8 Å². The molecule has 0 radical (unpaired) electrons. The smallest absolute Gasteiger partial charge is 0.261 e. The Bertz CT molecular complexity index is 2180. The van der Waals surface area contributed by atoms with Gasteiger partial charge in [0.05, 0.1) is 0 Å². The van der Waals surface area contributed by atoms with E-state index in [1.54, 1.807) is 0 Å². The van der Waals surface area contributed by atoms with Crippen molar-refractivity contribution in [1.29, 1.82) is 0 Å². The zero-order valence-electron chi connectivity index (χ0n) is 53.1. The largest absolute Gasteiger partial charge is 0.407 e. The molecular weight excluding hydrogens is 1140 g/mol. The van der Waals surface area contributed by atoms with Crippen LogP contribution in [-0.2, 0) is 27.8 Å². The van der Waals surface area contributed by atoms with Crippen LogP contribution in [0, 0.1) is 24.2 Å². The third-order valence-electron chi connectivity index (χ3n) is 16.1. The molecule has 2 heterocycles. The standard InChI is InChI=1S/C37H56O3Si.C28H40OSi.C9H17BrO2.2CH4/c1-37(2,3)41(34-26-18-16-19-27-34,35-28-20-17-21-29-35)40-33-24-15-13-11-9-7-5-4-6-8-10-12-14-23-31-38-36-30-22-25-32-39-36;1-5-6-7-8-9-10-11-12-13-20-25-29-30(28(2,3)4,26-21-16-14-17-22-26)27-23-18-15-19-24-27;10-6-2-4-8-12-9-5-1-3-7-11-9;;/h16-21,26-29,36H,4-7,9,11-15,22-25,30-33H2,1-3H3;1,14-19,21-24H,6-13,20,25H2,2-4H3;9H,1-8H2;2*1H4. The Balaban J connectivity index is 0.000000489. The molecule has 0 aliphatic carbocycles. The van der Waals surface area contributed by atoms with E-state index in [1.807, 2.05) is 0 Å². The van der Waals surface area contributed by atoms with E-state index in [-0.39, 0.29) is 37.5 Å². The monoisotopic (exact) mass is 1260 g/mol. The van der Waals surface area contributed by atoms with Crippen molar-refractivity contribution >= 4 is 53.3 Å². The number of hydrogen-bond donors (Lipinski definition) is 0. The van der Waals surface area contributed by atoms with Crippen LogP contribution >= 0.6 is 15.9 Å². The fourth-order valence-electron chi connectivity index (χ4n) is 11.5. The number of terminal acetylenes is 1. The van der Waals surface area contributed by atoms with Gasteiger partial charge < -0.3 is 27.8 Å². The molecular formula is C76H121BrO6Si2. The maximum atomic E-state index is 7.03. The lowest BCUT2D eigenvalue weighted by Gasteiger charge is -2.43. The first-order valence-electron chi connectivity index (χ1n) is 32.9. The molecule has 6 nitrogen and oxygen atoms in total. The number of ether oxygens (including phenoxy) is 4. The Labute approximate surface area is 533 Å². The van der Waals surface area contributed by atoms with Crippen LogP contribution in [0.1, 0.15) is 243 Å². The van der Waals surface area contributed by atoms with Gasteiger partial charge in [0.2, 0.25) is 0 Å². The molecule has 9 heteroatoms. The number of alkyl halides is 1. The lowest BCUT2D eigenvalue weighted by atomic mass is 10.1. The Morgan fingerprint density at radius 2 is 0.706 bits per heavy atom. The molecule has 0 saturated carbocycles. The molecule has 2 saturated heterocycles. The fraction of sp³-hybridized carbons (Fsp3) is 0.632. The van der Waals surface area contributed by atoms with Crippen LogP contribution in [0.4, 0.5) is 0 Å². The molecule has 2 fully saturated rings. The lowest BCUT2D eigenvalue weighted by molar-refractivity contribution is -0.162. The second-order valence-corrected chi connectivity index (χ2v) is 34.3. The van der Waals surface area contributed by atoms with Gasteiger partial charge in [-0.25, -0.2) is 0 Å². The molecule has 2 aliphatic heterocycles. The Kier molecular flexibility index (Phi) is 43.6. The first-order chi connectivity index (χ1) is 40.5. The van der Waals surface area contributed by atoms with Gasteiger partial charge in [-0.2, -0.15) is 0 Å². The van der Waals surface area contributed by atoms with E-state index in [4.69, 9.17) is 34.2 Å². The maximum Gasteiger partial charge on any atom is 0.261 e. The van der Waals surface area contributed by atoms with Gasteiger partial charge in [-0.15, -0.1) is 24.2 Å². The van der Waals surface area contributed by atoms with Gasteiger partial charge in [-0.1, -0.05) is 271 Å². The summed E-state index contributed by atoms with van der Waals surface area (Å²) in [6.07, 6.45) is 40.3. The van der Waals surface area contributed by atoms with Gasteiger partial charge in [0.15, 0.2) is 12.6 Å². The minimum atomic E-state index is -2.39. The molecule has 85 heavy (non-hydrogen) atoms. The van der Waals surface area contributed by atoms with Crippen LogP contribution in [-0.4, -0.2) is 74.2 Å². The van der Waals surface area contributed by atoms with Crippen LogP contribution in [0.2, 0.25) is 10.1 Å². The highest BCUT2D eigenvalue weighted by Crippen LogP contribution is 2.38. The van der Waals surface area contributed by atoms with Gasteiger partial charge in [-0.3, -0.25) is 0 Å². The number of rotatable bonds is 36. The molecule has 2 unspecified atom stereocenters. The van der Waals surface area contributed by atoms with Crippen molar-refractivity contribution in [2.24, 2.45) is 0 Å². The summed E-state index contributed by atoms with van der Waals surface area (Å²) in [7, 11) is -4.75. The van der Waals surface area contributed by atoms with Crippen LogP contribution in [0.3, 0.4) is 0 Å². The Morgan fingerprint density at radius 3 is 1.01 bits per heavy atom. The zero-order chi connectivity index (χ0) is 59.4. The average molecular weight is 1270 g/mol. The second kappa shape index (κ2) is 47.6. The summed E-state index contributed by atoms with van der Waals surface area (Å²) in [5, 5.41) is 6.68. The second-order valence-electron chi connectivity index (χ2n) is 24.9. The maximum absolute atomic E-state index is 7.03. The molecule has 4 aromatic carbocycles. The third-order valence-corrected chi connectivity index (χ3v) is 26.8. The van der Waals surface area contributed by atoms with E-state index in [0.29, 0.717) is 0 Å². The van der Waals surface area contributed by atoms with Gasteiger partial charge in [0.25, 0.3) is 16.6 Å². The Hall–Kier alpha value is -3.33. The number of unbranched alkanes of at least 4 members (excludes halogenated alkanes) is 19. The quantitative estimate of drug-likeness (QED) is 0.0196. The first-order valence-corrected chi connectivity index (χ1v) is 37.8. The van der Waals surface area contributed by atoms with Crippen molar-refractivity contribution in [2.75, 3.05) is 45.0 Å². The molecule has 2 aliphatic rings. The number of benzene rings is 4. The van der Waals surface area contributed by atoms with E-state index < -0.39 is 16.6 Å². The number of halogens is 1. The van der Waals surface area contributed by atoms with Crippen molar-refractivity contribution in [1.82, 2.24) is 0 Å². The lowest BCUT2D eigenvalue weighted by Crippen LogP contribution is -2.66. The van der Waals surface area contributed by atoms with Gasteiger partial charge in [0.1, 0.15) is 0 Å². The first kappa shape index (κ1) is 77.8. The summed E-state index contributed by atoms with van der Waals surface area (Å²) in [6.45, 7) is 19.2. The van der Waals surface area contributed by atoms with Crippen molar-refractivity contribution in [3.8, 4) is 24.2 Å². The molecule has 4 aromatic rings. The molecule has 0 N–H and O–H groups in total. The van der Waals surface area contributed by atoms with Crippen LogP contribution in [0.25, 0.3) is 0 Å². The van der Waals surface area contributed by atoms with Gasteiger partial charge >= 0.3 is 0 Å². The SMILES string of the molecule is BrCCCCOC1CCCCO1.C.C.C#CCCCCCCCCCCO[Si](c1ccccc1)(c1ccccc1)C(C)(C)C.CC(C)(C)[Si](OCCCCCCCCCCC#CCCCCOC1CCCCO1)(c1ccccc1)c1ccccc1. The third kappa shape index (κ3) is 30.2. The summed E-state index contributed by atoms with van der Waals surface area (Å²) in [5.74, 6) is 9.45. The van der Waals surface area contributed by atoms with Crippen LogP contribution < -0.4 is 20.7 Å². The van der Waals surface area contributed by atoms with Crippen LogP contribution in [0.15, 0.2) is 121 Å². The highest BCUT2D eigenvalue weighted by molar-refractivity contribution is 9.09. The minimum Gasteiger partial charge on any atom is -0.407 e. The van der Waals surface area contributed by atoms with Gasteiger partial charge in [0, 0.05) is 64.2 Å². The topological polar surface area (TPSA) is 55.4 Å². The highest BCUT2D eigenvalue weighted by atomic mass is 79.9. The van der Waals surface area contributed by atoms with E-state index in [0.717, 1.165) is 109 Å². The normalized spacial score (nSPS) is 15.3. The summed E-state index contributed by atoms with van der Waals surface area (Å²) in [6, 6.07) is 43.9. The van der Waals surface area contributed by atoms with Crippen molar-refractivity contribution in [2.45, 2.75) is 265 Å². The highest BCUT2D eigenvalue weighted by Gasteiger charge is 2.51. The van der Waals surface area contributed by atoms with Crippen molar-refractivity contribution in [3.05, 3.63) is 121 Å². The predicted molar refractivity (Wildman–Crippen MR) is 376 cm³/mol. The molecule has 6 rings (SSSR count). The molecule has 476 valence electrons. The summed E-state index contributed by atoms with van der Waals surface area (Å²) in [5.41, 5.74) is 0. The molecule has 0 bridgehead atoms. The summed E-state index contributed by atoms with van der Waals surface area (Å²) in [4.78, 5) is 0. The molecule has 0 aromatic heterocycles. The molecule has 0 amide bonds. The summed E-state index contributed by atoms with van der Waals surface area (Å²) >= 11 is 3.39. The number of hydrogen-bond acceptors (Lipinski definition) is 6. The minimum absolute atomic E-state index is 0. The van der Waals surface area contributed by atoms with Crippen LogP contribution in [0.5, 0.6) is 0 Å². The van der Waals surface area contributed by atoms with E-state index in [2.05, 4.69) is 197 Å². The molecule has 2 atom stereocenters.